The van der Waals surface area contributed by atoms with Crippen molar-refractivity contribution in [3.05, 3.63) is 65.7 Å². The lowest BCUT2D eigenvalue weighted by Gasteiger charge is -2.04. The zero-order valence-corrected chi connectivity index (χ0v) is 12.7. The number of hydrogen-bond acceptors (Lipinski definition) is 4. The van der Waals surface area contributed by atoms with Gasteiger partial charge < -0.3 is 10.8 Å². The number of aryl methyl sites for hydroxylation is 1. The van der Waals surface area contributed by atoms with E-state index in [4.69, 9.17) is 15.4 Å². The molecule has 0 fully saturated rings. The summed E-state index contributed by atoms with van der Waals surface area (Å²) in [6, 6.07) is 13.8. The predicted molar refractivity (Wildman–Crippen MR) is 82.0 cm³/mol. The first-order valence-electron chi connectivity index (χ1n) is 6.29. The lowest BCUT2D eigenvalue weighted by atomic mass is 10.1. The first-order valence-corrected chi connectivity index (χ1v) is 7.73. The van der Waals surface area contributed by atoms with E-state index in [-0.39, 0.29) is 4.90 Å². The minimum absolute atomic E-state index is 0.0666. The second kappa shape index (κ2) is 7.69. The van der Waals surface area contributed by atoms with Gasteiger partial charge in [0.1, 0.15) is 6.04 Å². The number of hydrogen-bond donors (Lipinski definition) is 3. The van der Waals surface area contributed by atoms with E-state index in [2.05, 4.69) is 0 Å². The van der Waals surface area contributed by atoms with Gasteiger partial charge in [0.05, 0.1) is 4.90 Å². The van der Waals surface area contributed by atoms with Crippen LogP contribution in [0.5, 0.6) is 0 Å². The quantitative estimate of drug-likeness (QED) is 0.744. The SMILES string of the molecule is Cc1ccc(S(=O)(=O)O)cc1.NC(C(=O)O)c1ccccc1. The van der Waals surface area contributed by atoms with E-state index in [0.717, 1.165) is 5.56 Å². The molecule has 22 heavy (non-hydrogen) atoms. The van der Waals surface area contributed by atoms with E-state index in [1.165, 1.54) is 12.1 Å². The van der Waals surface area contributed by atoms with Crippen molar-refractivity contribution in [1.29, 1.82) is 0 Å². The second-order valence-electron chi connectivity index (χ2n) is 4.51. The summed E-state index contributed by atoms with van der Waals surface area (Å²) < 4.78 is 29.6. The Bertz CT molecular complexity index is 711. The highest BCUT2D eigenvalue weighted by Crippen LogP contribution is 2.09. The van der Waals surface area contributed by atoms with E-state index in [1.807, 2.05) is 13.0 Å². The average Bonchev–Trinajstić information content (AvgIpc) is 2.47. The van der Waals surface area contributed by atoms with Crippen LogP contribution in [0.2, 0.25) is 0 Å². The third-order valence-electron chi connectivity index (χ3n) is 2.74. The summed E-state index contributed by atoms with van der Waals surface area (Å²) in [6.07, 6.45) is 0. The summed E-state index contributed by atoms with van der Waals surface area (Å²) in [7, 11) is -4.02. The van der Waals surface area contributed by atoms with E-state index in [9.17, 15) is 13.2 Å². The van der Waals surface area contributed by atoms with Crippen LogP contribution >= 0.6 is 0 Å². The third-order valence-corrected chi connectivity index (χ3v) is 3.61. The number of rotatable bonds is 3. The first-order chi connectivity index (χ1) is 10.2. The molecule has 0 spiro atoms. The molecule has 0 amide bonds. The molecule has 0 aliphatic rings. The van der Waals surface area contributed by atoms with Gasteiger partial charge in [0.15, 0.2) is 0 Å². The summed E-state index contributed by atoms with van der Waals surface area (Å²) in [4.78, 5) is 10.3. The van der Waals surface area contributed by atoms with Crippen molar-refractivity contribution < 1.29 is 22.9 Å². The molecule has 0 aliphatic carbocycles. The Labute approximate surface area is 129 Å². The van der Waals surface area contributed by atoms with Gasteiger partial charge in [-0.1, -0.05) is 48.0 Å². The maximum absolute atomic E-state index is 10.5. The third kappa shape index (κ3) is 5.65. The number of carbonyl (C=O) groups is 1. The Morgan fingerprint density at radius 2 is 1.55 bits per heavy atom. The number of benzene rings is 2. The molecule has 2 aromatic rings. The molecule has 0 saturated heterocycles. The number of carboxylic acid groups (broad SMARTS) is 1. The molecule has 118 valence electrons. The zero-order valence-electron chi connectivity index (χ0n) is 11.9. The van der Waals surface area contributed by atoms with Gasteiger partial charge in [0, 0.05) is 0 Å². The molecule has 1 unspecified atom stereocenters. The van der Waals surface area contributed by atoms with Crippen LogP contribution in [0.15, 0.2) is 59.5 Å². The minimum atomic E-state index is -4.02. The van der Waals surface area contributed by atoms with Crippen molar-refractivity contribution in [1.82, 2.24) is 0 Å². The Hall–Kier alpha value is -2.22. The Balaban J connectivity index is 0.000000220. The van der Waals surface area contributed by atoms with Crippen molar-refractivity contribution in [3.63, 3.8) is 0 Å². The molecule has 2 aromatic carbocycles. The molecule has 0 aromatic heterocycles. The van der Waals surface area contributed by atoms with Gasteiger partial charge in [-0.15, -0.1) is 0 Å². The monoisotopic (exact) mass is 323 g/mol. The summed E-state index contributed by atoms with van der Waals surface area (Å²) in [5.41, 5.74) is 6.92. The van der Waals surface area contributed by atoms with Crippen LogP contribution in [0, 0.1) is 6.92 Å². The summed E-state index contributed by atoms with van der Waals surface area (Å²) in [6.45, 7) is 1.84. The van der Waals surface area contributed by atoms with E-state index >= 15 is 0 Å². The maximum Gasteiger partial charge on any atom is 0.325 e. The number of carboxylic acids is 1. The second-order valence-corrected chi connectivity index (χ2v) is 5.94. The molecule has 6 nitrogen and oxygen atoms in total. The van der Waals surface area contributed by atoms with Crippen molar-refractivity contribution >= 4 is 16.1 Å². The molecule has 1 atom stereocenters. The highest BCUT2D eigenvalue weighted by Gasteiger charge is 2.12. The normalized spacial score (nSPS) is 12.0. The van der Waals surface area contributed by atoms with Gasteiger partial charge in [-0.3, -0.25) is 9.35 Å². The van der Waals surface area contributed by atoms with Crippen molar-refractivity contribution in [2.24, 2.45) is 5.73 Å². The van der Waals surface area contributed by atoms with Gasteiger partial charge in [-0.25, -0.2) is 0 Å². The summed E-state index contributed by atoms with van der Waals surface area (Å²) >= 11 is 0. The van der Waals surface area contributed by atoms with Gasteiger partial charge >= 0.3 is 5.97 Å². The van der Waals surface area contributed by atoms with Crippen molar-refractivity contribution in [3.8, 4) is 0 Å². The van der Waals surface area contributed by atoms with Crippen LogP contribution in [0.25, 0.3) is 0 Å². The van der Waals surface area contributed by atoms with E-state index in [1.54, 1.807) is 36.4 Å². The molecule has 0 aliphatic heterocycles. The van der Waals surface area contributed by atoms with Crippen LogP contribution in [0.3, 0.4) is 0 Å². The molecule has 2 rings (SSSR count). The topological polar surface area (TPSA) is 118 Å². The van der Waals surface area contributed by atoms with Crippen LogP contribution in [-0.2, 0) is 14.9 Å². The van der Waals surface area contributed by atoms with Crippen molar-refractivity contribution in [2.75, 3.05) is 0 Å². The maximum atomic E-state index is 10.5. The molecular weight excluding hydrogens is 306 g/mol. The van der Waals surface area contributed by atoms with Crippen LogP contribution < -0.4 is 5.73 Å². The average molecular weight is 323 g/mol. The molecular formula is C15H17NO5S. The number of aliphatic carboxylic acids is 1. The highest BCUT2D eigenvalue weighted by molar-refractivity contribution is 7.85. The van der Waals surface area contributed by atoms with Gasteiger partial charge in [0.25, 0.3) is 10.1 Å². The largest absolute Gasteiger partial charge is 0.480 e. The molecule has 0 bridgehead atoms. The Morgan fingerprint density at radius 3 is 1.95 bits per heavy atom. The predicted octanol–water partition coefficient (Wildman–Crippen LogP) is 2.01. The molecule has 0 saturated carbocycles. The molecule has 0 heterocycles. The highest BCUT2D eigenvalue weighted by atomic mass is 32.2. The fourth-order valence-electron chi connectivity index (χ4n) is 1.51. The van der Waals surface area contributed by atoms with Crippen molar-refractivity contribution in [2.45, 2.75) is 17.9 Å². The Kier molecular flexibility index (Phi) is 6.24. The van der Waals surface area contributed by atoms with Crippen LogP contribution in [0.1, 0.15) is 17.2 Å². The fraction of sp³-hybridized carbons (Fsp3) is 0.133. The lowest BCUT2D eigenvalue weighted by molar-refractivity contribution is -0.138. The zero-order chi connectivity index (χ0) is 16.8. The van der Waals surface area contributed by atoms with Crippen LogP contribution in [-0.4, -0.2) is 24.0 Å². The van der Waals surface area contributed by atoms with E-state index < -0.39 is 22.1 Å². The minimum Gasteiger partial charge on any atom is -0.480 e. The summed E-state index contributed by atoms with van der Waals surface area (Å²) in [5, 5.41) is 8.51. The Morgan fingerprint density at radius 1 is 1.05 bits per heavy atom. The molecule has 4 N–H and O–H groups in total. The van der Waals surface area contributed by atoms with Gasteiger partial charge in [-0.2, -0.15) is 8.42 Å². The van der Waals surface area contributed by atoms with Gasteiger partial charge in [-0.05, 0) is 24.6 Å². The lowest BCUT2D eigenvalue weighted by Crippen LogP contribution is -2.20. The van der Waals surface area contributed by atoms with Crippen LogP contribution in [0.4, 0.5) is 0 Å². The standard InChI is InChI=1S/C8H9NO2.C7H8O3S/c9-7(8(10)11)6-4-2-1-3-5-6;1-6-2-4-7(5-3-6)11(8,9)10/h1-5,7H,9H2,(H,10,11);2-5H,1H3,(H,8,9,10). The number of nitrogens with two attached hydrogens (primary N) is 1. The van der Waals surface area contributed by atoms with E-state index in [0.29, 0.717) is 5.56 Å². The smallest absolute Gasteiger partial charge is 0.325 e. The first kappa shape index (κ1) is 17.8. The summed E-state index contributed by atoms with van der Waals surface area (Å²) in [5.74, 6) is -1.00. The molecule has 7 heteroatoms. The molecule has 0 radical (unpaired) electrons. The van der Waals surface area contributed by atoms with Gasteiger partial charge in [0.2, 0.25) is 0 Å². The fourth-order valence-corrected chi connectivity index (χ4v) is 1.99.